The van der Waals surface area contributed by atoms with Crippen LogP contribution in [0.5, 0.6) is 0 Å². The summed E-state index contributed by atoms with van der Waals surface area (Å²) in [4.78, 5) is 26.2. The molecule has 7 heteroatoms. The monoisotopic (exact) mass is 393 g/mol. The first-order valence-corrected chi connectivity index (χ1v) is 10.8. The summed E-state index contributed by atoms with van der Waals surface area (Å²) in [5, 5.41) is 10.3. The average molecular weight is 394 g/mol. The zero-order valence-electron chi connectivity index (χ0n) is 16.0. The maximum Gasteiger partial charge on any atom is 0.255 e. The van der Waals surface area contributed by atoms with Gasteiger partial charge in [0.2, 0.25) is 0 Å². The van der Waals surface area contributed by atoms with Gasteiger partial charge >= 0.3 is 0 Å². The number of hydrogen-bond donors (Lipinski definition) is 0. The summed E-state index contributed by atoms with van der Waals surface area (Å²) in [6.07, 6.45) is 7.81. The van der Waals surface area contributed by atoms with Crippen molar-refractivity contribution in [1.29, 1.82) is 5.26 Å². The highest BCUT2D eigenvalue weighted by molar-refractivity contribution is 7.98. The maximum atomic E-state index is 13.2. The topological polar surface area (TPSA) is 73.1 Å². The highest BCUT2D eigenvalue weighted by atomic mass is 32.2. The third-order valence-electron chi connectivity index (χ3n) is 5.33. The highest BCUT2D eigenvalue weighted by Gasteiger charge is 2.30. The van der Waals surface area contributed by atoms with Crippen LogP contribution in [0.4, 0.5) is 0 Å². The molecule has 2 aliphatic rings. The summed E-state index contributed by atoms with van der Waals surface area (Å²) in [5.41, 5.74) is 3.08. The van der Waals surface area contributed by atoms with Crippen molar-refractivity contribution in [3.63, 3.8) is 0 Å². The number of thioether (sulfide) groups is 1. The Labute approximate surface area is 169 Å². The molecule has 0 spiro atoms. The van der Waals surface area contributed by atoms with Crippen LogP contribution in [0, 0.1) is 11.3 Å². The summed E-state index contributed by atoms with van der Waals surface area (Å²) in [6, 6.07) is 8.10. The molecule has 2 aromatic rings. The number of hydrogen-bond acceptors (Lipinski definition) is 6. The van der Waals surface area contributed by atoms with Gasteiger partial charge in [0, 0.05) is 56.7 Å². The van der Waals surface area contributed by atoms with Gasteiger partial charge in [0.25, 0.3) is 5.91 Å². The van der Waals surface area contributed by atoms with Crippen LogP contribution in [0.3, 0.4) is 0 Å². The SMILES string of the molecule is CSc1nc(C2CC2)cc(C(=O)N2CCN(Cc3cccnc3)CC2)c1C#N. The molecule has 6 nitrogen and oxygen atoms in total. The van der Waals surface area contributed by atoms with E-state index in [9.17, 15) is 10.1 Å². The molecular weight excluding hydrogens is 370 g/mol. The molecule has 1 saturated heterocycles. The lowest BCUT2D eigenvalue weighted by Gasteiger charge is -2.35. The zero-order valence-corrected chi connectivity index (χ0v) is 16.8. The average Bonchev–Trinajstić information content (AvgIpc) is 3.59. The molecule has 0 radical (unpaired) electrons. The first-order chi connectivity index (χ1) is 13.7. The van der Waals surface area contributed by atoms with Gasteiger partial charge in [0.15, 0.2) is 0 Å². The third-order valence-corrected chi connectivity index (χ3v) is 6.01. The third kappa shape index (κ3) is 4.03. The Morgan fingerprint density at radius 2 is 2.11 bits per heavy atom. The highest BCUT2D eigenvalue weighted by Crippen LogP contribution is 2.40. The lowest BCUT2D eigenvalue weighted by Crippen LogP contribution is -2.48. The first kappa shape index (κ1) is 18.9. The van der Waals surface area contributed by atoms with Crippen molar-refractivity contribution < 1.29 is 4.79 Å². The van der Waals surface area contributed by atoms with Crippen LogP contribution in [-0.4, -0.2) is 58.1 Å². The Hall–Kier alpha value is -2.43. The fraction of sp³-hybridized carbons (Fsp3) is 0.429. The molecule has 1 saturated carbocycles. The number of aromatic nitrogens is 2. The van der Waals surface area contributed by atoms with E-state index in [0.717, 1.165) is 38.2 Å². The van der Waals surface area contributed by atoms with Crippen LogP contribution in [0.1, 0.15) is 45.9 Å². The minimum atomic E-state index is -0.0443. The molecule has 1 aliphatic carbocycles. The predicted octanol–water partition coefficient (Wildman–Crippen LogP) is 2.91. The van der Waals surface area contributed by atoms with Crippen molar-refractivity contribution in [2.45, 2.75) is 30.3 Å². The smallest absolute Gasteiger partial charge is 0.255 e. The number of carbonyl (C=O) groups is 1. The summed E-state index contributed by atoms with van der Waals surface area (Å²) in [7, 11) is 0. The fourth-order valence-electron chi connectivity index (χ4n) is 3.58. The van der Waals surface area contributed by atoms with Gasteiger partial charge in [-0.25, -0.2) is 4.98 Å². The standard InChI is InChI=1S/C21H23N5OS/c1-28-20-18(12-22)17(11-19(24-20)16-4-5-16)21(27)26-9-7-25(8-10-26)14-15-3-2-6-23-13-15/h2-3,6,11,13,16H,4-5,7-10,14H2,1H3. The minimum absolute atomic E-state index is 0.0443. The molecule has 1 aliphatic heterocycles. The van der Waals surface area contributed by atoms with Crippen LogP contribution in [-0.2, 0) is 6.54 Å². The van der Waals surface area contributed by atoms with E-state index in [-0.39, 0.29) is 5.91 Å². The molecule has 0 N–H and O–H groups in total. The van der Waals surface area contributed by atoms with E-state index in [1.165, 1.54) is 17.3 Å². The van der Waals surface area contributed by atoms with Crippen molar-refractivity contribution in [2.24, 2.45) is 0 Å². The number of carbonyl (C=O) groups excluding carboxylic acids is 1. The molecule has 1 amide bonds. The summed E-state index contributed by atoms with van der Waals surface area (Å²) in [5.74, 6) is 0.402. The van der Waals surface area contributed by atoms with Crippen LogP contribution in [0.25, 0.3) is 0 Å². The summed E-state index contributed by atoms with van der Waals surface area (Å²) < 4.78 is 0. The Morgan fingerprint density at radius 1 is 1.32 bits per heavy atom. The molecule has 4 rings (SSSR count). The predicted molar refractivity (Wildman–Crippen MR) is 108 cm³/mol. The molecule has 2 aromatic heterocycles. The summed E-state index contributed by atoms with van der Waals surface area (Å²) >= 11 is 1.44. The van der Waals surface area contributed by atoms with Gasteiger partial charge in [-0.1, -0.05) is 6.07 Å². The van der Waals surface area contributed by atoms with E-state index in [2.05, 4.69) is 27.0 Å². The molecule has 0 atom stereocenters. The van der Waals surface area contributed by atoms with Gasteiger partial charge in [-0.05, 0) is 36.8 Å². The molecule has 0 aromatic carbocycles. The Balaban J connectivity index is 1.48. The van der Waals surface area contributed by atoms with Crippen LogP contribution in [0.15, 0.2) is 35.6 Å². The number of amides is 1. The number of pyridine rings is 2. The number of rotatable bonds is 5. The van der Waals surface area contributed by atoms with E-state index in [0.29, 0.717) is 35.2 Å². The second-order valence-corrected chi connectivity index (χ2v) is 8.09. The lowest BCUT2D eigenvalue weighted by atomic mass is 10.1. The largest absolute Gasteiger partial charge is 0.336 e. The van der Waals surface area contributed by atoms with E-state index in [1.54, 1.807) is 6.20 Å². The number of nitriles is 1. The second-order valence-electron chi connectivity index (χ2n) is 7.29. The van der Waals surface area contributed by atoms with Crippen LogP contribution < -0.4 is 0 Å². The van der Waals surface area contributed by atoms with Crippen molar-refractivity contribution in [1.82, 2.24) is 19.8 Å². The van der Waals surface area contributed by atoms with E-state index in [4.69, 9.17) is 0 Å². The number of nitrogens with zero attached hydrogens (tertiary/aromatic N) is 5. The van der Waals surface area contributed by atoms with Gasteiger partial charge in [-0.15, -0.1) is 11.8 Å². The first-order valence-electron chi connectivity index (χ1n) is 9.59. The molecule has 28 heavy (non-hydrogen) atoms. The Bertz CT molecular complexity index is 899. The molecule has 3 heterocycles. The van der Waals surface area contributed by atoms with Crippen molar-refractivity contribution >= 4 is 17.7 Å². The van der Waals surface area contributed by atoms with E-state index in [1.807, 2.05) is 29.5 Å². The maximum absolute atomic E-state index is 13.2. The van der Waals surface area contributed by atoms with Gasteiger partial charge in [-0.3, -0.25) is 14.7 Å². The Morgan fingerprint density at radius 3 is 2.71 bits per heavy atom. The van der Waals surface area contributed by atoms with Gasteiger partial charge in [0.05, 0.1) is 11.1 Å². The lowest BCUT2D eigenvalue weighted by molar-refractivity contribution is 0.0627. The van der Waals surface area contributed by atoms with Crippen molar-refractivity contribution in [3.8, 4) is 6.07 Å². The minimum Gasteiger partial charge on any atom is -0.336 e. The van der Waals surface area contributed by atoms with Crippen LogP contribution >= 0.6 is 11.8 Å². The Kier molecular flexibility index (Phi) is 5.60. The van der Waals surface area contributed by atoms with E-state index >= 15 is 0 Å². The van der Waals surface area contributed by atoms with Crippen LogP contribution in [0.2, 0.25) is 0 Å². The molecular formula is C21H23N5OS. The van der Waals surface area contributed by atoms with E-state index < -0.39 is 0 Å². The molecule has 144 valence electrons. The quantitative estimate of drug-likeness (QED) is 0.728. The second kappa shape index (κ2) is 8.29. The number of piperazine rings is 1. The molecule has 0 unspecified atom stereocenters. The normalized spacial score (nSPS) is 17.4. The summed E-state index contributed by atoms with van der Waals surface area (Å²) in [6.45, 7) is 3.81. The van der Waals surface area contributed by atoms with Crippen molar-refractivity contribution in [3.05, 3.63) is 53.0 Å². The fourth-order valence-corrected chi connectivity index (χ4v) is 4.14. The van der Waals surface area contributed by atoms with Gasteiger partial charge in [0.1, 0.15) is 11.1 Å². The van der Waals surface area contributed by atoms with Crippen molar-refractivity contribution in [2.75, 3.05) is 32.4 Å². The van der Waals surface area contributed by atoms with Gasteiger partial charge < -0.3 is 4.90 Å². The zero-order chi connectivity index (χ0) is 19.5. The molecule has 2 fully saturated rings. The van der Waals surface area contributed by atoms with Gasteiger partial charge in [-0.2, -0.15) is 5.26 Å². The molecule has 0 bridgehead atoms.